The van der Waals surface area contributed by atoms with Crippen LogP contribution in [0.25, 0.3) is 10.8 Å². The average molecular weight is 290 g/mol. The Balaban J connectivity index is 2.49. The molecule has 0 aromatic heterocycles. The zero-order valence-corrected chi connectivity index (χ0v) is 11.6. The Morgan fingerprint density at radius 2 is 1.90 bits per heavy atom. The first kappa shape index (κ1) is 14.4. The minimum atomic E-state index is -1.14. The van der Waals surface area contributed by atoms with Crippen LogP contribution in [0.3, 0.4) is 0 Å². The van der Waals surface area contributed by atoms with Crippen LogP contribution in [0.15, 0.2) is 36.4 Å². The van der Waals surface area contributed by atoms with Crippen molar-refractivity contribution in [3.8, 4) is 0 Å². The first-order valence-corrected chi connectivity index (χ1v) is 6.81. The Kier molecular flexibility index (Phi) is 4.63. The predicted molar refractivity (Wildman–Crippen MR) is 79.7 cm³/mol. The molecule has 0 aliphatic rings. The Bertz CT molecular complexity index is 651. The van der Waals surface area contributed by atoms with E-state index in [1.807, 2.05) is 12.1 Å². The molecule has 0 saturated carbocycles. The third kappa shape index (κ3) is 2.93. The molecule has 4 nitrogen and oxygen atoms in total. The van der Waals surface area contributed by atoms with Crippen molar-refractivity contribution in [2.45, 2.75) is 6.42 Å². The number of benzene rings is 2. The summed E-state index contributed by atoms with van der Waals surface area (Å²) in [6.07, 6.45) is 0.627. The maximum Gasteiger partial charge on any atom is 0.339 e. The van der Waals surface area contributed by atoms with Gasteiger partial charge in [0.15, 0.2) is 0 Å². The monoisotopic (exact) mass is 290 g/mol. The fraction of sp³-hybridized carbons (Fsp3) is 0.200. The summed E-state index contributed by atoms with van der Waals surface area (Å²) in [5.41, 5.74) is 0.0642. The van der Waals surface area contributed by atoms with Gasteiger partial charge >= 0.3 is 11.9 Å². The molecule has 0 amide bonds. The van der Waals surface area contributed by atoms with Gasteiger partial charge < -0.3 is 9.84 Å². The van der Waals surface area contributed by atoms with Crippen LogP contribution < -0.4 is 0 Å². The second-order valence-electron chi connectivity index (χ2n) is 4.23. The number of hydrogen-bond acceptors (Lipinski definition) is 4. The van der Waals surface area contributed by atoms with Gasteiger partial charge in [-0.2, -0.15) is 12.6 Å². The van der Waals surface area contributed by atoms with Gasteiger partial charge in [-0.25, -0.2) is 9.59 Å². The fourth-order valence-electron chi connectivity index (χ4n) is 1.97. The lowest BCUT2D eigenvalue weighted by Gasteiger charge is -2.10. The van der Waals surface area contributed by atoms with Crippen LogP contribution in [0.4, 0.5) is 0 Å². The third-order valence-corrected chi connectivity index (χ3v) is 3.22. The van der Waals surface area contributed by atoms with Crippen molar-refractivity contribution in [3.63, 3.8) is 0 Å². The zero-order chi connectivity index (χ0) is 14.5. The van der Waals surface area contributed by atoms with Gasteiger partial charge in [0.1, 0.15) is 0 Å². The van der Waals surface area contributed by atoms with Crippen molar-refractivity contribution in [2.75, 3.05) is 12.4 Å². The first-order chi connectivity index (χ1) is 9.65. The van der Waals surface area contributed by atoms with Crippen LogP contribution in [0.2, 0.25) is 0 Å². The molecule has 0 bridgehead atoms. The number of aromatic carboxylic acids is 1. The zero-order valence-electron chi connectivity index (χ0n) is 10.7. The molecule has 0 heterocycles. The predicted octanol–water partition coefficient (Wildman–Crippen LogP) is 3.01. The second kappa shape index (κ2) is 6.43. The van der Waals surface area contributed by atoms with Crippen molar-refractivity contribution in [2.24, 2.45) is 0 Å². The van der Waals surface area contributed by atoms with Crippen molar-refractivity contribution < 1.29 is 19.4 Å². The Morgan fingerprint density at radius 1 is 1.15 bits per heavy atom. The Hall–Kier alpha value is -2.01. The number of fused-ring (bicyclic) bond motifs is 1. The summed E-state index contributed by atoms with van der Waals surface area (Å²) in [5, 5.41) is 10.6. The largest absolute Gasteiger partial charge is 0.478 e. The van der Waals surface area contributed by atoms with E-state index in [2.05, 4.69) is 12.6 Å². The summed E-state index contributed by atoms with van der Waals surface area (Å²) < 4.78 is 5.12. The topological polar surface area (TPSA) is 63.6 Å². The van der Waals surface area contributed by atoms with Crippen LogP contribution >= 0.6 is 12.6 Å². The minimum absolute atomic E-state index is 0.0421. The van der Waals surface area contributed by atoms with E-state index in [0.29, 0.717) is 17.6 Å². The van der Waals surface area contributed by atoms with Gasteiger partial charge in [0, 0.05) is 0 Å². The molecule has 1 N–H and O–H groups in total. The highest BCUT2D eigenvalue weighted by atomic mass is 32.1. The van der Waals surface area contributed by atoms with Gasteiger partial charge in [0.25, 0.3) is 0 Å². The van der Waals surface area contributed by atoms with Gasteiger partial charge in [0.2, 0.25) is 0 Å². The third-order valence-electron chi connectivity index (χ3n) is 2.90. The quantitative estimate of drug-likeness (QED) is 0.505. The summed E-state index contributed by atoms with van der Waals surface area (Å²) >= 11 is 4.04. The minimum Gasteiger partial charge on any atom is -0.478 e. The van der Waals surface area contributed by atoms with Crippen molar-refractivity contribution >= 4 is 35.3 Å². The molecule has 5 heteroatoms. The van der Waals surface area contributed by atoms with Crippen molar-refractivity contribution in [1.82, 2.24) is 0 Å². The molecule has 0 fully saturated rings. The Labute approximate surface area is 121 Å². The molecule has 0 aliphatic carbocycles. The molecule has 104 valence electrons. The summed E-state index contributed by atoms with van der Waals surface area (Å²) in [6.45, 7) is 0.227. The highest BCUT2D eigenvalue weighted by Gasteiger charge is 2.20. The summed E-state index contributed by atoms with van der Waals surface area (Å²) in [6, 6.07) is 10.3. The molecule has 2 aromatic rings. The van der Waals surface area contributed by atoms with Gasteiger partial charge in [-0.3, -0.25) is 0 Å². The molecular formula is C15H14O4S. The maximum absolute atomic E-state index is 12.1. The number of ether oxygens (including phenoxy) is 1. The lowest BCUT2D eigenvalue weighted by molar-refractivity contribution is 0.0498. The number of thiol groups is 1. The SMILES string of the molecule is O=C(O)c1ccc2ccccc2c1C(=O)OCCCS. The van der Waals surface area contributed by atoms with Gasteiger partial charge in [-0.1, -0.05) is 30.3 Å². The number of carboxylic acid groups (broad SMARTS) is 1. The average Bonchev–Trinajstić information content (AvgIpc) is 2.46. The molecule has 0 spiro atoms. The summed E-state index contributed by atoms with van der Waals surface area (Å²) in [7, 11) is 0. The molecule has 0 saturated heterocycles. The molecule has 2 aromatic carbocycles. The summed E-state index contributed by atoms with van der Waals surface area (Å²) in [5.74, 6) is -1.15. The number of carbonyl (C=O) groups is 2. The van der Waals surface area contributed by atoms with Gasteiger partial charge in [0.05, 0.1) is 17.7 Å². The summed E-state index contributed by atoms with van der Waals surface area (Å²) in [4.78, 5) is 23.4. The Morgan fingerprint density at radius 3 is 2.60 bits per heavy atom. The first-order valence-electron chi connectivity index (χ1n) is 6.18. The lowest BCUT2D eigenvalue weighted by atomic mass is 9.99. The second-order valence-corrected chi connectivity index (χ2v) is 4.67. The number of rotatable bonds is 5. The molecule has 0 unspecified atom stereocenters. The van der Waals surface area contributed by atoms with E-state index in [4.69, 9.17) is 4.74 Å². The van der Waals surface area contributed by atoms with E-state index < -0.39 is 11.9 Å². The number of esters is 1. The lowest BCUT2D eigenvalue weighted by Crippen LogP contribution is -2.13. The van der Waals surface area contributed by atoms with Crippen LogP contribution in [0.1, 0.15) is 27.1 Å². The maximum atomic E-state index is 12.1. The van der Waals surface area contributed by atoms with E-state index in [1.165, 1.54) is 6.07 Å². The van der Waals surface area contributed by atoms with E-state index in [-0.39, 0.29) is 17.7 Å². The molecule has 20 heavy (non-hydrogen) atoms. The fourth-order valence-corrected chi connectivity index (χ4v) is 2.10. The van der Waals surface area contributed by atoms with E-state index in [0.717, 1.165) is 5.39 Å². The van der Waals surface area contributed by atoms with Crippen LogP contribution in [-0.4, -0.2) is 29.4 Å². The van der Waals surface area contributed by atoms with Crippen molar-refractivity contribution in [3.05, 3.63) is 47.5 Å². The number of hydrogen-bond donors (Lipinski definition) is 2. The van der Waals surface area contributed by atoms with Crippen LogP contribution in [-0.2, 0) is 4.74 Å². The molecular weight excluding hydrogens is 276 g/mol. The van der Waals surface area contributed by atoms with Crippen LogP contribution in [0, 0.1) is 0 Å². The number of carboxylic acids is 1. The van der Waals surface area contributed by atoms with Gasteiger partial charge in [-0.15, -0.1) is 0 Å². The number of carbonyl (C=O) groups excluding carboxylic acids is 1. The molecule has 0 atom stereocenters. The van der Waals surface area contributed by atoms with E-state index in [1.54, 1.807) is 18.2 Å². The van der Waals surface area contributed by atoms with Gasteiger partial charge in [-0.05, 0) is 29.0 Å². The van der Waals surface area contributed by atoms with Crippen molar-refractivity contribution in [1.29, 1.82) is 0 Å². The highest BCUT2D eigenvalue weighted by Crippen LogP contribution is 2.23. The standard InChI is InChI=1S/C15H14O4S/c16-14(17)12-7-6-10-4-1-2-5-11(10)13(12)15(18)19-8-3-9-20/h1-2,4-7,20H,3,8-9H2,(H,16,17). The molecule has 2 rings (SSSR count). The smallest absolute Gasteiger partial charge is 0.339 e. The normalized spacial score (nSPS) is 10.4. The highest BCUT2D eigenvalue weighted by molar-refractivity contribution is 7.80. The van der Waals surface area contributed by atoms with Crippen LogP contribution in [0.5, 0.6) is 0 Å². The van der Waals surface area contributed by atoms with E-state index in [9.17, 15) is 14.7 Å². The molecule has 0 aliphatic heterocycles. The van der Waals surface area contributed by atoms with E-state index >= 15 is 0 Å². The molecule has 0 radical (unpaired) electrons.